The first kappa shape index (κ1) is 25.4. The number of aromatic nitrogens is 2. The third-order valence-corrected chi connectivity index (χ3v) is 7.52. The molecule has 1 fully saturated rings. The smallest absolute Gasteiger partial charge is 0.266 e. The Labute approximate surface area is 213 Å². The van der Waals surface area contributed by atoms with Crippen LogP contribution in [0.25, 0.3) is 16.6 Å². The van der Waals surface area contributed by atoms with Crippen LogP contribution in [0.5, 0.6) is 0 Å². The molecule has 35 heavy (non-hydrogen) atoms. The molecule has 1 heterocycles. The fourth-order valence-electron chi connectivity index (χ4n) is 5.28. The van der Waals surface area contributed by atoms with Crippen molar-refractivity contribution in [2.24, 2.45) is 5.92 Å². The molecular formula is C29H36ClN3O2. The van der Waals surface area contributed by atoms with E-state index in [9.17, 15) is 9.59 Å². The first-order valence-electron chi connectivity index (χ1n) is 13.0. The third kappa shape index (κ3) is 5.45. The molecule has 0 spiro atoms. The van der Waals surface area contributed by atoms with Gasteiger partial charge in [-0.3, -0.25) is 14.2 Å². The molecule has 1 amide bonds. The molecule has 6 heteroatoms. The van der Waals surface area contributed by atoms with Crippen molar-refractivity contribution >= 4 is 28.4 Å². The van der Waals surface area contributed by atoms with Crippen molar-refractivity contribution in [2.75, 3.05) is 6.54 Å². The van der Waals surface area contributed by atoms with E-state index in [1.165, 1.54) is 0 Å². The molecule has 1 unspecified atom stereocenters. The number of fused-ring (bicyclic) bond motifs is 1. The Kier molecular flexibility index (Phi) is 8.27. The van der Waals surface area contributed by atoms with Crippen molar-refractivity contribution in [3.63, 3.8) is 0 Å². The van der Waals surface area contributed by atoms with E-state index >= 15 is 0 Å². The lowest BCUT2D eigenvalue weighted by Gasteiger charge is -2.33. The van der Waals surface area contributed by atoms with Crippen LogP contribution in [0, 0.1) is 12.8 Å². The maximum Gasteiger partial charge on any atom is 0.266 e. The number of carbonyl (C=O) groups excluding carboxylic acids is 1. The predicted octanol–water partition coefficient (Wildman–Crippen LogP) is 7.01. The molecule has 1 aliphatic rings. The van der Waals surface area contributed by atoms with E-state index < -0.39 is 0 Å². The second kappa shape index (κ2) is 11.4. The van der Waals surface area contributed by atoms with Crippen LogP contribution in [0.15, 0.2) is 47.3 Å². The Morgan fingerprint density at radius 3 is 2.60 bits per heavy atom. The molecule has 1 aromatic heterocycles. The van der Waals surface area contributed by atoms with Crippen molar-refractivity contribution in [1.29, 1.82) is 0 Å². The average molecular weight is 494 g/mol. The number of aryl methyl sites for hydroxylation is 1. The van der Waals surface area contributed by atoms with E-state index in [-0.39, 0.29) is 23.4 Å². The summed E-state index contributed by atoms with van der Waals surface area (Å²) in [4.78, 5) is 34.5. The molecule has 1 aliphatic carbocycles. The van der Waals surface area contributed by atoms with E-state index in [1.807, 2.05) is 55.1 Å². The second-order valence-electron chi connectivity index (χ2n) is 9.81. The largest absolute Gasteiger partial charge is 0.333 e. The highest BCUT2D eigenvalue weighted by atomic mass is 35.5. The molecule has 1 saturated carbocycles. The third-order valence-electron chi connectivity index (χ3n) is 7.28. The van der Waals surface area contributed by atoms with Gasteiger partial charge in [-0.1, -0.05) is 62.8 Å². The minimum absolute atomic E-state index is 0.0709. The highest BCUT2D eigenvalue weighted by Crippen LogP contribution is 2.31. The Morgan fingerprint density at radius 1 is 1.14 bits per heavy atom. The minimum atomic E-state index is -0.336. The molecule has 186 valence electrons. The first-order chi connectivity index (χ1) is 16.9. The van der Waals surface area contributed by atoms with Gasteiger partial charge in [-0.15, -0.1) is 0 Å². The summed E-state index contributed by atoms with van der Waals surface area (Å²) in [6, 6.07) is 12.6. The van der Waals surface area contributed by atoms with Gasteiger partial charge < -0.3 is 4.90 Å². The van der Waals surface area contributed by atoms with Gasteiger partial charge in [0.05, 0.1) is 22.6 Å². The lowest BCUT2D eigenvalue weighted by atomic mass is 10.0. The lowest BCUT2D eigenvalue weighted by Crippen LogP contribution is -2.40. The summed E-state index contributed by atoms with van der Waals surface area (Å²) in [5, 5.41) is 1.19. The van der Waals surface area contributed by atoms with Crippen molar-refractivity contribution in [1.82, 2.24) is 14.5 Å². The van der Waals surface area contributed by atoms with Crippen molar-refractivity contribution < 1.29 is 4.79 Å². The van der Waals surface area contributed by atoms with Crippen LogP contribution in [0.3, 0.4) is 0 Å². The highest BCUT2D eigenvalue weighted by molar-refractivity contribution is 6.30. The van der Waals surface area contributed by atoms with E-state index in [1.54, 1.807) is 10.6 Å². The summed E-state index contributed by atoms with van der Waals surface area (Å²) in [6.45, 7) is 6.84. The van der Waals surface area contributed by atoms with E-state index in [0.29, 0.717) is 28.3 Å². The normalized spacial score (nSPS) is 15.0. The van der Waals surface area contributed by atoms with Gasteiger partial charge in [-0.05, 0) is 69.0 Å². The minimum Gasteiger partial charge on any atom is -0.333 e. The van der Waals surface area contributed by atoms with Gasteiger partial charge in [-0.25, -0.2) is 4.98 Å². The van der Waals surface area contributed by atoms with Gasteiger partial charge >= 0.3 is 0 Å². The standard InChI is InChI=1S/C29H36ClN3O2/c1-4-5-6-11-18-32(28(34)22-12-7-8-13-22)21(3)27-31-25-15-10-9-14-24(25)29(35)33(27)26-17-16-23(30)19-20(26)2/h9-10,14-17,19,21-22H,4-8,11-13,18H2,1-3H3. The molecule has 4 rings (SSSR count). The van der Waals surface area contributed by atoms with Crippen LogP contribution in [0.1, 0.15) is 82.6 Å². The molecular weight excluding hydrogens is 458 g/mol. The van der Waals surface area contributed by atoms with E-state index in [2.05, 4.69) is 6.92 Å². The topological polar surface area (TPSA) is 55.2 Å². The SMILES string of the molecule is CCCCCCN(C(=O)C1CCCC1)C(C)c1nc2ccccc2c(=O)n1-c1ccc(Cl)cc1C. The summed E-state index contributed by atoms with van der Waals surface area (Å²) in [5.74, 6) is 0.871. The Bertz CT molecular complexity index is 1250. The maximum absolute atomic E-state index is 13.8. The average Bonchev–Trinajstić information content (AvgIpc) is 3.39. The van der Waals surface area contributed by atoms with Crippen molar-refractivity contribution in [3.8, 4) is 5.69 Å². The zero-order valence-corrected chi connectivity index (χ0v) is 21.9. The fourth-order valence-corrected chi connectivity index (χ4v) is 5.51. The molecule has 0 N–H and O–H groups in total. The molecule has 0 saturated heterocycles. The van der Waals surface area contributed by atoms with E-state index in [0.717, 1.165) is 62.6 Å². The number of carbonyl (C=O) groups is 1. The number of nitrogens with zero attached hydrogens (tertiary/aromatic N) is 3. The van der Waals surface area contributed by atoms with Crippen LogP contribution in [0.4, 0.5) is 0 Å². The van der Waals surface area contributed by atoms with Crippen molar-refractivity contribution in [2.45, 2.75) is 78.2 Å². The Morgan fingerprint density at radius 2 is 1.89 bits per heavy atom. The van der Waals surface area contributed by atoms with Gasteiger partial charge in [0.1, 0.15) is 5.82 Å². The van der Waals surface area contributed by atoms with Gasteiger partial charge in [0.25, 0.3) is 5.56 Å². The Balaban J connectivity index is 1.84. The zero-order valence-electron chi connectivity index (χ0n) is 21.1. The number of rotatable bonds is 9. The Hall–Kier alpha value is -2.66. The van der Waals surface area contributed by atoms with Gasteiger partial charge in [-0.2, -0.15) is 0 Å². The van der Waals surface area contributed by atoms with Gasteiger partial charge in [0.2, 0.25) is 5.91 Å². The van der Waals surface area contributed by atoms with Crippen LogP contribution in [-0.4, -0.2) is 26.9 Å². The predicted molar refractivity (Wildman–Crippen MR) is 143 cm³/mol. The maximum atomic E-state index is 13.8. The van der Waals surface area contributed by atoms with Gasteiger partial charge in [0.15, 0.2) is 0 Å². The van der Waals surface area contributed by atoms with Crippen molar-refractivity contribution in [3.05, 3.63) is 69.2 Å². The molecule has 3 aromatic rings. The first-order valence-corrected chi connectivity index (χ1v) is 13.4. The number of unbranched alkanes of at least 4 members (excludes halogenated alkanes) is 3. The molecule has 2 aromatic carbocycles. The number of para-hydroxylation sites is 1. The fraction of sp³-hybridized carbons (Fsp3) is 0.483. The molecule has 5 nitrogen and oxygen atoms in total. The number of amides is 1. The quantitative estimate of drug-likeness (QED) is 0.301. The zero-order chi connectivity index (χ0) is 24.9. The van der Waals surface area contributed by atoms with Crippen LogP contribution in [0.2, 0.25) is 5.02 Å². The van der Waals surface area contributed by atoms with Crippen LogP contribution >= 0.6 is 11.6 Å². The molecule has 0 bridgehead atoms. The summed E-state index contributed by atoms with van der Waals surface area (Å²) in [6.07, 6.45) is 8.46. The lowest BCUT2D eigenvalue weighted by molar-refractivity contribution is -0.137. The second-order valence-corrected chi connectivity index (χ2v) is 10.2. The van der Waals surface area contributed by atoms with Crippen LogP contribution < -0.4 is 5.56 Å². The molecule has 1 atom stereocenters. The number of hydrogen-bond acceptors (Lipinski definition) is 3. The summed E-state index contributed by atoms with van der Waals surface area (Å²) >= 11 is 6.23. The summed E-state index contributed by atoms with van der Waals surface area (Å²) < 4.78 is 1.69. The van der Waals surface area contributed by atoms with Gasteiger partial charge in [0, 0.05) is 17.5 Å². The summed E-state index contributed by atoms with van der Waals surface area (Å²) in [5.41, 5.74) is 2.17. The number of hydrogen-bond donors (Lipinski definition) is 0. The monoisotopic (exact) mass is 493 g/mol. The number of halogens is 1. The summed E-state index contributed by atoms with van der Waals surface area (Å²) in [7, 11) is 0. The molecule has 0 radical (unpaired) electrons. The highest BCUT2D eigenvalue weighted by Gasteiger charge is 2.32. The number of benzene rings is 2. The van der Waals surface area contributed by atoms with E-state index in [4.69, 9.17) is 16.6 Å². The molecule has 0 aliphatic heterocycles. The van der Waals surface area contributed by atoms with Crippen LogP contribution in [-0.2, 0) is 4.79 Å².